The molecule has 1 aromatic heterocycles. The summed E-state index contributed by atoms with van der Waals surface area (Å²) in [5.74, 6) is -0.953. The smallest absolute Gasteiger partial charge is 0.416 e. The van der Waals surface area contributed by atoms with E-state index >= 15 is 0 Å². The van der Waals surface area contributed by atoms with Crippen LogP contribution in [-0.4, -0.2) is 13.1 Å². The average molecular weight is 363 g/mol. The Labute approximate surface area is 147 Å². The van der Waals surface area contributed by atoms with Gasteiger partial charge in [-0.2, -0.15) is 13.2 Å². The van der Waals surface area contributed by atoms with Gasteiger partial charge in [0.25, 0.3) is 0 Å². The van der Waals surface area contributed by atoms with Gasteiger partial charge in [-0.1, -0.05) is 12.1 Å². The van der Waals surface area contributed by atoms with Crippen molar-refractivity contribution in [3.05, 3.63) is 58.8 Å². The number of benzene rings is 2. The molecule has 0 amide bonds. The highest BCUT2D eigenvalue weighted by atomic mass is 19.4. The van der Waals surface area contributed by atoms with Gasteiger partial charge in [0.05, 0.1) is 12.7 Å². The molecule has 1 N–H and O–H groups in total. The van der Waals surface area contributed by atoms with Gasteiger partial charge in [-0.3, -0.25) is 0 Å². The fourth-order valence-corrected chi connectivity index (χ4v) is 2.78. The Kier molecular flexibility index (Phi) is 4.39. The molecule has 0 aliphatic carbocycles. The minimum atomic E-state index is -4.51. The lowest BCUT2D eigenvalue weighted by Gasteiger charge is -2.11. The third kappa shape index (κ3) is 3.24. The fraction of sp³-hybridized carbons (Fsp3) is 0.211. The maximum absolute atomic E-state index is 13.3. The van der Waals surface area contributed by atoms with Crippen LogP contribution in [0.1, 0.15) is 27.2 Å². The van der Waals surface area contributed by atoms with Gasteiger partial charge in [0.15, 0.2) is 0 Å². The molecule has 1 heterocycles. The Balaban J connectivity index is 2.24. The monoisotopic (exact) mass is 363 g/mol. The second-order valence-corrected chi connectivity index (χ2v) is 5.95. The number of fused-ring (bicyclic) bond motifs is 1. The van der Waals surface area contributed by atoms with E-state index in [4.69, 9.17) is 9.15 Å². The lowest BCUT2D eigenvalue weighted by molar-refractivity contribution is -0.137. The highest BCUT2D eigenvalue weighted by Crippen LogP contribution is 2.40. The predicted octanol–water partition coefficient (Wildman–Crippen LogP) is 5.60. The predicted molar refractivity (Wildman–Crippen MR) is 91.8 cm³/mol. The van der Waals surface area contributed by atoms with Crippen molar-refractivity contribution in [2.24, 2.45) is 0 Å². The van der Waals surface area contributed by atoms with Gasteiger partial charge in [-0.05, 0) is 49.2 Å². The molecule has 0 saturated heterocycles. The number of esters is 1. The maximum atomic E-state index is 13.3. The Morgan fingerprint density at radius 3 is 2.50 bits per heavy atom. The molecule has 0 spiro atoms. The molecule has 0 atom stereocenters. The van der Waals surface area contributed by atoms with Crippen LogP contribution in [0, 0.1) is 13.8 Å². The number of nitrogens with one attached hydrogen (secondary N) is 1. The highest BCUT2D eigenvalue weighted by Gasteiger charge is 2.34. The van der Waals surface area contributed by atoms with Crippen molar-refractivity contribution in [2.45, 2.75) is 20.0 Å². The van der Waals surface area contributed by atoms with Crippen LogP contribution in [0.2, 0.25) is 0 Å². The van der Waals surface area contributed by atoms with Crippen molar-refractivity contribution in [3.63, 3.8) is 0 Å². The van der Waals surface area contributed by atoms with Gasteiger partial charge in [-0.15, -0.1) is 0 Å². The van der Waals surface area contributed by atoms with E-state index in [1.807, 2.05) is 13.0 Å². The van der Waals surface area contributed by atoms with Crippen molar-refractivity contribution < 1.29 is 27.1 Å². The first-order chi connectivity index (χ1) is 12.2. The van der Waals surface area contributed by atoms with Crippen LogP contribution >= 0.6 is 0 Å². The molecule has 0 bridgehead atoms. The topological polar surface area (TPSA) is 51.5 Å². The summed E-state index contributed by atoms with van der Waals surface area (Å²) >= 11 is 0. The Morgan fingerprint density at radius 1 is 1.15 bits per heavy atom. The van der Waals surface area contributed by atoms with Crippen molar-refractivity contribution in [3.8, 4) is 0 Å². The van der Waals surface area contributed by atoms with Gasteiger partial charge in [0.1, 0.15) is 11.3 Å². The number of alkyl halides is 3. The van der Waals surface area contributed by atoms with E-state index in [2.05, 4.69) is 5.32 Å². The van der Waals surface area contributed by atoms with Crippen LogP contribution in [0.25, 0.3) is 11.0 Å². The number of ether oxygens (including phenoxy) is 1. The minimum Gasteiger partial charge on any atom is -0.463 e. The molecule has 3 aromatic rings. The molecule has 26 heavy (non-hydrogen) atoms. The molecule has 0 radical (unpaired) electrons. The third-order valence-electron chi connectivity index (χ3n) is 4.00. The van der Waals surface area contributed by atoms with E-state index in [1.54, 1.807) is 18.2 Å². The number of methoxy groups -OCH3 is 1. The molecular formula is C19H16F3NO3. The summed E-state index contributed by atoms with van der Waals surface area (Å²) in [6.45, 7) is 3.22. The van der Waals surface area contributed by atoms with Crippen LogP contribution in [0.5, 0.6) is 0 Å². The molecule has 4 nitrogen and oxygen atoms in total. The summed E-state index contributed by atoms with van der Waals surface area (Å²) in [5, 5.41) is 3.15. The minimum absolute atomic E-state index is 0.0114. The van der Waals surface area contributed by atoms with E-state index in [9.17, 15) is 18.0 Å². The number of hydrogen-bond donors (Lipinski definition) is 1. The molecule has 2 aromatic carbocycles. The Morgan fingerprint density at radius 2 is 1.88 bits per heavy atom. The second kappa shape index (κ2) is 6.40. The number of anilines is 2. The average Bonchev–Trinajstić information content (AvgIpc) is 2.90. The summed E-state index contributed by atoms with van der Waals surface area (Å²) < 4.78 is 50.0. The summed E-state index contributed by atoms with van der Waals surface area (Å²) in [6.07, 6.45) is -4.51. The molecule has 0 unspecified atom stereocenters. The van der Waals surface area contributed by atoms with Gasteiger partial charge in [-0.25, -0.2) is 4.79 Å². The molecular weight excluding hydrogens is 347 g/mol. The van der Waals surface area contributed by atoms with E-state index < -0.39 is 17.7 Å². The number of carbonyl (C=O) groups excluding carboxylic acids is 1. The molecule has 0 saturated carbocycles. The largest absolute Gasteiger partial charge is 0.463 e. The zero-order valence-corrected chi connectivity index (χ0v) is 14.3. The second-order valence-electron chi connectivity index (χ2n) is 5.95. The Hall–Kier alpha value is -2.96. The lowest BCUT2D eigenvalue weighted by atomic mass is 10.0. The van der Waals surface area contributed by atoms with Crippen LogP contribution < -0.4 is 5.32 Å². The summed E-state index contributed by atoms with van der Waals surface area (Å²) in [4.78, 5) is 12.0. The van der Waals surface area contributed by atoms with Crippen LogP contribution in [0.15, 0.2) is 40.8 Å². The summed E-state index contributed by atoms with van der Waals surface area (Å²) in [5.41, 5.74) is 1.11. The molecule has 7 heteroatoms. The first kappa shape index (κ1) is 17.8. The van der Waals surface area contributed by atoms with Crippen LogP contribution in [-0.2, 0) is 10.9 Å². The van der Waals surface area contributed by atoms with Gasteiger partial charge < -0.3 is 14.5 Å². The van der Waals surface area contributed by atoms with E-state index in [1.165, 1.54) is 20.1 Å². The number of aryl methyl sites for hydroxylation is 2. The van der Waals surface area contributed by atoms with Crippen molar-refractivity contribution in [2.75, 3.05) is 12.4 Å². The number of halogens is 3. The Bertz CT molecular complexity index is 990. The van der Waals surface area contributed by atoms with Crippen LogP contribution in [0.4, 0.5) is 24.5 Å². The lowest BCUT2D eigenvalue weighted by Crippen LogP contribution is -2.07. The van der Waals surface area contributed by atoms with Crippen molar-refractivity contribution in [1.29, 1.82) is 0 Å². The quantitative estimate of drug-likeness (QED) is 0.616. The zero-order valence-electron chi connectivity index (χ0n) is 14.3. The van der Waals surface area contributed by atoms with Crippen molar-refractivity contribution in [1.82, 2.24) is 0 Å². The molecule has 3 rings (SSSR count). The molecule has 0 fully saturated rings. The number of rotatable bonds is 3. The third-order valence-corrected chi connectivity index (χ3v) is 4.00. The molecule has 0 aliphatic heterocycles. The first-order valence-electron chi connectivity index (χ1n) is 7.77. The summed E-state index contributed by atoms with van der Waals surface area (Å²) in [7, 11) is 1.18. The van der Waals surface area contributed by atoms with Crippen molar-refractivity contribution >= 4 is 28.3 Å². The maximum Gasteiger partial charge on any atom is 0.416 e. The molecule has 0 aliphatic rings. The van der Waals surface area contributed by atoms with E-state index in [-0.39, 0.29) is 28.0 Å². The summed E-state index contributed by atoms with van der Waals surface area (Å²) in [6, 6.07) is 9.48. The number of hydrogen-bond acceptors (Lipinski definition) is 4. The van der Waals surface area contributed by atoms with Gasteiger partial charge in [0, 0.05) is 11.1 Å². The van der Waals surface area contributed by atoms with Gasteiger partial charge >= 0.3 is 12.1 Å². The molecule has 136 valence electrons. The first-order valence-corrected chi connectivity index (χ1v) is 7.77. The van der Waals surface area contributed by atoms with E-state index in [0.717, 1.165) is 11.6 Å². The van der Waals surface area contributed by atoms with Gasteiger partial charge in [0.2, 0.25) is 5.76 Å². The normalized spacial score (nSPS) is 11.6. The highest BCUT2D eigenvalue weighted by molar-refractivity contribution is 6.05. The fourth-order valence-electron chi connectivity index (χ4n) is 2.78. The number of carbonyl (C=O) groups is 1. The van der Waals surface area contributed by atoms with Crippen LogP contribution in [0.3, 0.4) is 0 Å². The standard InChI is InChI=1S/C19H16F3NO3/c1-10-5-4-6-12(7-10)23-16-13-9-14(19(20,21)22)11(2)8-15(13)26-17(16)18(24)25-3/h4-9,23H,1-3H3. The SMILES string of the molecule is COC(=O)c1oc2cc(C)c(C(F)(F)F)cc2c1Nc1cccc(C)c1. The van der Waals surface area contributed by atoms with E-state index in [0.29, 0.717) is 5.69 Å². The zero-order chi connectivity index (χ0) is 19.1. The number of furan rings is 1.